The van der Waals surface area contributed by atoms with Crippen LogP contribution in [0.1, 0.15) is 77.8 Å². The normalized spacial score (nSPS) is 23.1. The number of hydrogen-bond acceptors (Lipinski definition) is 2. The second-order valence-electron chi connectivity index (χ2n) is 10.8. The molecule has 170 valence electrons. The lowest BCUT2D eigenvalue weighted by Gasteiger charge is -2.52. The first kappa shape index (κ1) is 23.6. The number of carbonyl (C=O) groups excluding carboxylic acids is 1. The summed E-state index contributed by atoms with van der Waals surface area (Å²) in [7, 11) is 0. The van der Waals surface area contributed by atoms with Crippen molar-refractivity contribution in [2.45, 2.75) is 78.7 Å². The Balaban J connectivity index is 1.99. The molecule has 1 heterocycles. The highest BCUT2D eigenvalue weighted by molar-refractivity contribution is 6.31. The van der Waals surface area contributed by atoms with Crippen LogP contribution in [0.5, 0.6) is 0 Å². The third-order valence-corrected chi connectivity index (χ3v) is 7.02. The average molecular weight is 447 g/mol. The zero-order chi connectivity index (χ0) is 23.0. The fourth-order valence-corrected chi connectivity index (χ4v) is 5.08. The van der Waals surface area contributed by atoms with E-state index in [4.69, 9.17) is 16.7 Å². The third-order valence-electron chi connectivity index (χ3n) is 6.67. The molecule has 1 saturated carbocycles. The van der Waals surface area contributed by atoms with E-state index >= 15 is 0 Å². The molecule has 2 amide bonds. The van der Waals surface area contributed by atoms with Gasteiger partial charge >= 0.3 is 12.0 Å². The molecule has 1 fully saturated rings. The van der Waals surface area contributed by atoms with Crippen LogP contribution < -0.4 is 5.32 Å². The van der Waals surface area contributed by atoms with Gasteiger partial charge in [0.15, 0.2) is 0 Å². The van der Waals surface area contributed by atoms with Gasteiger partial charge in [0.2, 0.25) is 0 Å². The minimum atomic E-state index is -0.913. The highest BCUT2D eigenvalue weighted by atomic mass is 35.5. The number of aryl methyl sites for hydroxylation is 1. The van der Waals surface area contributed by atoms with Crippen molar-refractivity contribution in [2.75, 3.05) is 6.54 Å². The number of carbonyl (C=O) groups is 2. The Morgan fingerprint density at radius 2 is 1.97 bits per heavy atom. The molecule has 6 heteroatoms. The van der Waals surface area contributed by atoms with E-state index in [2.05, 4.69) is 52.1 Å². The van der Waals surface area contributed by atoms with Crippen LogP contribution in [0.3, 0.4) is 0 Å². The number of hydrogen-bond donors (Lipinski definition) is 2. The average Bonchev–Trinajstić information content (AvgIpc) is 2.64. The molecule has 31 heavy (non-hydrogen) atoms. The maximum atomic E-state index is 13.0. The highest BCUT2D eigenvalue weighted by Gasteiger charge is 2.50. The van der Waals surface area contributed by atoms with Gasteiger partial charge in [0, 0.05) is 17.8 Å². The summed E-state index contributed by atoms with van der Waals surface area (Å²) >= 11 is 6.72. The van der Waals surface area contributed by atoms with Crippen LogP contribution in [-0.2, 0) is 16.8 Å². The van der Waals surface area contributed by atoms with E-state index in [1.54, 1.807) is 0 Å². The Bertz CT molecular complexity index is 901. The summed E-state index contributed by atoms with van der Waals surface area (Å²) in [5.41, 5.74) is 2.76. The quantitative estimate of drug-likeness (QED) is 0.554. The van der Waals surface area contributed by atoms with Crippen molar-refractivity contribution in [3.8, 4) is 0 Å². The third kappa shape index (κ3) is 5.08. The second kappa shape index (κ2) is 8.50. The number of nitrogens with one attached hydrogen (secondary N) is 1. The molecular formula is C25H35ClN2O3. The van der Waals surface area contributed by atoms with E-state index in [0.29, 0.717) is 0 Å². The van der Waals surface area contributed by atoms with E-state index in [1.165, 1.54) is 4.90 Å². The van der Waals surface area contributed by atoms with Gasteiger partial charge in [-0.3, -0.25) is 4.79 Å². The molecule has 0 saturated heterocycles. The summed E-state index contributed by atoms with van der Waals surface area (Å²) in [6.45, 7) is 11.2. The van der Waals surface area contributed by atoms with Crippen molar-refractivity contribution < 1.29 is 14.7 Å². The van der Waals surface area contributed by atoms with Gasteiger partial charge < -0.3 is 15.3 Å². The van der Waals surface area contributed by atoms with E-state index < -0.39 is 11.5 Å². The molecular weight excluding hydrogens is 412 g/mol. The second-order valence-corrected chi connectivity index (χ2v) is 11.2. The van der Waals surface area contributed by atoms with Gasteiger partial charge in [-0.15, -0.1) is 0 Å². The number of halogens is 1. The van der Waals surface area contributed by atoms with Gasteiger partial charge in [-0.25, -0.2) is 4.79 Å². The van der Waals surface area contributed by atoms with Gasteiger partial charge in [-0.05, 0) is 65.7 Å². The number of aliphatic carboxylic acids is 1. The van der Waals surface area contributed by atoms with Crippen molar-refractivity contribution in [2.24, 2.45) is 10.8 Å². The number of rotatable bonds is 6. The number of benzene rings is 1. The SMILES string of the molecule is CC(C)(C)CCc1ccc([C@@]23CCCC(C)(C)C2=CN(CCC(=O)O)C(=O)N3)cc1Cl. The van der Waals surface area contributed by atoms with Crippen molar-refractivity contribution in [3.63, 3.8) is 0 Å². The van der Waals surface area contributed by atoms with Crippen LogP contribution in [0.2, 0.25) is 5.02 Å². The number of carboxylic acid groups (broad SMARTS) is 1. The lowest BCUT2D eigenvalue weighted by atomic mass is 9.61. The zero-order valence-corrected chi connectivity index (χ0v) is 20.1. The molecule has 1 aromatic rings. The molecule has 1 atom stereocenters. The van der Waals surface area contributed by atoms with Crippen LogP contribution in [0.25, 0.3) is 0 Å². The van der Waals surface area contributed by atoms with Gasteiger partial charge in [-0.1, -0.05) is 58.4 Å². The summed E-state index contributed by atoms with van der Waals surface area (Å²) in [6.07, 6.45) is 6.58. The molecule has 0 bridgehead atoms. The Morgan fingerprint density at radius 3 is 2.58 bits per heavy atom. The molecule has 0 unspecified atom stereocenters. The van der Waals surface area contributed by atoms with Crippen molar-refractivity contribution in [1.29, 1.82) is 0 Å². The summed E-state index contributed by atoms with van der Waals surface area (Å²) < 4.78 is 0. The first-order valence-electron chi connectivity index (χ1n) is 11.2. The zero-order valence-electron chi connectivity index (χ0n) is 19.3. The standard InChI is InChI=1S/C25H35ClN2O3/c1-23(2,3)13-9-17-7-8-18(15-19(17)26)25-12-6-11-24(4,5)20(25)16-28(22(31)27-25)14-10-21(29)30/h7-8,15-16H,6,9-14H2,1-5H3,(H,27,31)(H,29,30)/t25-/m0/s1. The topological polar surface area (TPSA) is 69.6 Å². The lowest BCUT2D eigenvalue weighted by molar-refractivity contribution is -0.137. The monoisotopic (exact) mass is 446 g/mol. The summed E-state index contributed by atoms with van der Waals surface area (Å²) in [4.78, 5) is 25.5. The first-order chi connectivity index (χ1) is 14.3. The Kier molecular flexibility index (Phi) is 6.48. The largest absolute Gasteiger partial charge is 0.481 e. The van der Waals surface area contributed by atoms with Crippen LogP contribution in [-0.4, -0.2) is 28.6 Å². The van der Waals surface area contributed by atoms with Gasteiger partial charge in [0.05, 0.1) is 12.0 Å². The minimum absolute atomic E-state index is 0.0844. The molecule has 0 spiro atoms. The summed E-state index contributed by atoms with van der Waals surface area (Å²) in [5.74, 6) is -0.913. The van der Waals surface area contributed by atoms with E-state index in [1.807, 2.05) is 12.3 Å². The maximum Gasteiger partial charge on any atom is 0.322 e. The molecule has 1 aliphatic heterocycles. The lowest BCUT2D eigenvalue weighted by Crippen LogP contribution is -2.59. The van der Waals surface area contributed by atoms with Gasteiger partial charge in [0.1, 0.15) is 0 Å². The summed E-state index contributed by atoms with van der Waals surface area (Å²) in [6, 6.07) is 5.96. The number of nitrogens with zero attached hydrogens (tertiary/aromatic N) is 1. The van der Waals surface area contributed by atoms with Crippen molar-refractivity contribution >= 4 is 23.6 Å². The predicted molar refractivity (Wildman–Crippen MR) is 124 cm³/mol. The molecule has 2 aliphatic rings. The van der Waals surface area contributed by atoms with Gasteiger partial charge in [-0.2, -0.15) is 0 Å². The molecule has 0 radical (unpaired) electrons. The van der Waals surface area contributed by atoms with Crippen LogP contribution in [0.4, 0.5) is 4.79 Å². The molecule has 0 aromatic heterocycles. The minimum Gasteiger partial charge on any atom is -0.481 e. The van der Waals surface area contributed by atoms with E-state index in [0.717, 1.165) is 53.8 Å². The Hall–Kier alpha value is -2.01. The van der Waals surface area contributed by atoms with Gasteiger partial charge in [0.25, 0.3) is 0 Å². The van der Waals surface area contributed by atoms with Crippen molar-refractivity contribution in [1.82, 2.24) is 10.2 Å². The van der Waals surface area contributed by atoms with E-state index in [9.17, 15) is 9.59 Å². The Labute approximate surface area is 190 Å². The van der Waals surface area contributed by atoms with Crippen LogP contribution in [0, 0.1) is 10.8 Å². The van der Waals surface area contributed by atoms with Crippen LogP contribution in [0.15, 0.2) is 30.0 Å². The Morgan fingerprint density at radius 1 is 1.26 bits per heavy atom. The smallest absolute Gasteiger partial charge is 0.322 e. The molecule has 3 rings (SSSR count). The fourth-order valence-electron chi connectivity index (χ4n) is 4.81. The summed E-state index contributed by atoms with van der Waals surface area (Å²) in [5, 5.41) is 13.0. The molecule has 1 aliphatic carbocycles. The van der Waals surface area contributed by atoms with E-state index in [-0.39, 0.29) is 29.8 Å². The first-order valence-corrected chi connectivity index (χ1v) is 11.5. The number of carboxylic acids is 1. The van der Waals surface area contributed by atoms with Crippen LogP contribution >= 0.6 is 11.6 Å². The maximum absolute atomic E-state index is 13.0. The highest BCUT2D eigenvalue weighted by Crippen LogP contribution is 2.52. The fraction of sp³-hybridized carbons (Fsp3) is 0.600. The number of urea groups is 1. The molecule has 5 nitrogen and oxygen atoms in total. The predicted octanol–water partition coefficient (Wildman–Crippen LogP) is 6.11. The number of amides is 2. The van der Waals surface area contributed by atoms with Crippen molar-refractivity contribution in [3.05, 3.63) is 46.1 Å². The molecule has 1 aromatic carbocycles. The molecule has 2 N–H and O–H groups in total. The number of fused-ring (bicyclic) bond motifs is 1.